The van der Waals surface area contributed by atoms with E-state index in [2.05, 4.69) is 5.32 Å². The summed E-state index contributed by atoms with van der Waals surface area (Å²) in [6, 6.07) is 19.0. The van der Waals surface area contributed by atoms with Gasteiger partial charge in [0.25, 0.3) is 10.0 Å². The fourth-order valence-corrected chi connectivity index (χ4v) is 5.51. The normalized spacial score (nSPS) is 11.9. The molecule has 0 aliphatic carbocycles. The van der Waals surface area contributed by atoms with E-state index in [1.165, 1.54) is 42.3 Å². The van der Waals surface area contributed by atoms with Crippen LogP contribution >= 0.6 is 0 Å². The molecule has 0 radical (unpaired) electrons. The van der Waals surface area contributed by atoms with Crippen LogP contribution in [0.1, 0.15) is 25.8 Å². The quantitative estimate of drug-likeness (QED) is 0.374. The van der Waals surface area contributed by atoms with Gasteiger partial charge in [0, 0.05) is 13.1 Å². The molecule has 3 aromatic rings. The van der Waals surface area contributed by atoms with Crippen LogP contribution in [-0.2, 0) is 26.2 Å². The van der Waals surface area contributed by atoms with Crippen molar-refractivity contribution in [3.63, 3.8) is 0 Å². The minimum absolute atomic E-state index is 0.0160. The molecule has 0 aromatic heterocycles. The van der Waals surface area contributed by atoms with Crippen LogP contribution in [0.15, 0.2) is 83.8 Å². The predicted octanol–water partition coefficient (Wildman–Crippen LogP) is 3.97. The molecule has 0 spiro atoms. The summed E-state index contributed by atoms with van der Waals surface area (Å²) >= 11 is 0. The van der Waals surface area contributed by atoms with Gasteiger partial charge >= 0.3 is 0 Å². The lowest BCUT2D eigenvalue weighted by molar-refractivity contribution is -0.140. The first-order valence-corrected chi connectivity index (χ1v) is 13.7. The third kappa shape index (κ3) is 6.69. The Morgan fingerprint density at radius 1 is 0.974 bits per heavy atom. The van der Waals surface area contributed by atoms with Crippen molar-refractivity contribution in [1.29, 1.82) is 0 Å². The number of para-hydroxylation sites is 1. The summed E-state index contributed by atoms with van der Waals surface area (Å²) in [6.07, 6.45) is 0.284. The SMILES string of the molecule is CCNC(=O)[C@H](CC)N(Cc1cccc(OC)c1)C(=O)CN(c1ccccc1F)S(=O)(=O)c1ccccc1. The molecule has 0 saturated heterocycles. The molecule has 2 amide bonds. The Morgan fingerprint density at radius 2 is 1.66 bits per heavy atom. The van der Waals surface area contributed by atoms with Gasteiger partial charge in [0.15, 0.2) is 0 Å². The highest BCUT2D eigenvalue weighted by Crippen LogP contribution is 2.27. The fourth-order valence-electron chi connectivity index (χ4n) is 4.07. The van der Waals surface area contributed by atoms with Crippen molar-refractivity contribution in [2.24, 2.45) is 0 Å². The topological polar surface area (TPSA) is 96.0 Å². The van der Waals surface area contributed by atoms with Gasteiger partial charge in [-0.1, -0.05) is 49.4 Å². The number of sulfonamides is 1. The lowest BCUT2D eigenvalue weighted by Gasteiger charge is -2.33. The number of methoxy groups -OCH3 is 1. The van der Waals surface area contributed by atoms with Crippen molar-refractivity contribution in [2.45, 2.75) is 37.8 Å². The third-order valence-electron chi connectivity index (χ3n) is 5.96. The average Bonchev–Trinajstić information content (AvgIpc) is 2.92. The first-order chi connectivity index (χ1) is 18.2. The Kier molecular flexibility index (Phi) is 9.84. The fraction of sp³-hybridized carbons (Fsp3) is 0.286. The van der Waals surface area contributed by atoms with Crippen molar-refractivity contribution >= 4 is 27.5 Å². The van der Waals surface area contributed by atoms with Crippen LogP contribution in [0, 0.1) is 5.82 Å². The summed E-state index contributed by atoms with van der Waals surface area (Å²) in [7, 11) is -2.81. The third-order valence-corrected chi connectivity index (χ3v) is 7.73. The largest absolute Gasteiger partial charge is 0.497 e. The molecule has 0 aliphatic rings. The highest BCUT2D eigenvalue weighted by molar-refractivity contribution is 7.92. The van der Waals surface area contributed by atoms with Gasteiger partial charge in [0.05, 0.1) is 17.7 Å². The van der Waals surface area contributed by atoms with E-state index in [0.717, 1.165) is 10.4 Å². The smallest absolute Gasteiger partial charge is 0.264 e. The molecule has 0 fully saturated rings. The second-order valence-corrected chi connectivity index (χ2v) is 10.3. The molecule has 0 heterocycles. The zero-order chi connectivity index (χ0) is 27.7. The van der Waals surface area contributed by atoms with Gasteiger partial charge in [-0.25, -0.2) is 12.8 Å². The van der Waals surface area contributed by atoms with Crippen LogP contribution in [0.25, 0.3) is 0 Å². The van der Waals surface area contributed by atoms with Crippen LogP contribution in [0.5, 0.6) is 5.75 Å². The molecule has 0 saturated carbocycles. The van der Waals surface area contributed by atoms with E-state index in [4.69, 9.17) is 4.74 Å². The maximum atomic E-state index is 14.9. The van der Waals surface area contributed by atoms with Crippen LogP contribution in [0.2, 0.25) is 0 Å². The molecule has 38 heavy (non-hydrogen) atoms. The number of benzene rings is 3. The minimum Gasteiger partial charge on any atom is -0.497 e. The monoisotopic (exact) mass is 541 g/mol. The average molecular weight is 542 g/mol. The Hall–Kier alpha value is -3.92. The molecule has 3 rings (SSSR count). The number of halogens is 1. The van der Waals surface area contributed by atoms with E-state index in [1.54, 1.807) is 56.3 Å². The van der Waals surface area contributed by atoms with Crippen molar-refractivity contribution in [3.8, 4) is 5.75 Å². The van der Waals surface area contributed by atoms with Crippen molar-refractivity contribution in [2.75, 3.05) is 24.5 Å². The van der Waals surface area contributed by atoms with Gasteiger partial charge in [0.1, 0.15) is 24.2 Å². The number of carbonyl (C=O) groups excluding carboxylic acids is 2. The maximum Gasteiger partial charge on any atom is 0.264 e. The molecule has 0 bridgehead atoms. The zero-order valence-electron chi connectivity index (χ0n) is 21.6. The Morgan fingerprint density at radius 3 is 2.29 bits per heavy atom. The highest BCUT2D eigenvalue weighted by atomic mass is 32.2. The zero-order valence-corrected chi connectivity index (χ0v) is 22.4. The van der Waals surface area contributed by atoms with Crippen molar-refractivity contribution < 1.29 is 27.1 Å². The molecule has 0 unspecified atom stereocenters. The van der Waals surface area contributed by atoms with Crippen LogP contribution in [0.4, 0.5) is 10.1 Å². The molecule has 8 nitrogen and oxygen atoms in total. The van der Waals surface area contributed by atoms with Gasteiger partial charge < -0.3 is 15.0 Å². The van der Waals surface area contributed by atoms with Crippen LogP contribution in [0.3, 0.4) is 0 Å². The van der Waals surface area contributed by atoms with E-state index in [0.29, 0.717) is 17.9 Å². The van der Waals surface area contributed by atoms with Crippen molar-refractivity contribution in [3.05, 3.63) is 90.2 Å². The number of likely N-dealkylation sites (N-methyl/N-ethyl adjacent to an activating group) is 1. The number of hydrogen-bond acceptors (Lipinski definition) is 5. The number of nitrogens with zero attached hydrogens (tertiary/aromatic N) is 2. The van der Waals surface area contributed by atoms with Gasteiger partial charge in [-0.15, -0.1) is 0 Å². The van der Waals surface area contributed by atoms with Crippen LogP contribution < -0.4 is 14.4 Å². The maximum absolute atomic E-state index is 14.9. The Bertz CT molecular complexity index is 1350. The summed E-state index contributed by atoms with van der Waals surface area (Å²) in [5.41, 5.74) is 0.417. The second-order valence-electron chi connectivity index (χ2n) is 8.47. The second kappa shape index (κ2) is 13.0. The molecule has 1 N–H and O–H groups in total. The standard InChI is InChI=1S/C28H32FN3O5S/c1-4-25(28(34)30-5-2)31(19-21-12-11-13-22(18-21)37-3)27(33)20-32(26-17-10-9-16-24(26)29)38(35,36)23-14-7-6-8-15-23/h6-18,25H,4-5,19-20H2,1-3H3,(H,30,34)/t25-/m0/s1. The Labute approximate surface area is 223 Å². The molecule has 3 aromatic carbocycles. The summed E-state index contributed by atoms with van der Waals surface area (Å²) in [5.74, 6) is -1.25. The molecule has 202 valence electrons. The van der Waals surface area contributed by atoms with E-state index in [9.17, 15) is 22.4 Å². The van der Waals surface area contributed by atoms with Gasteiger partial charge in [0.2, 0.25) is 11.8 Å². The summed E-state index contributed by atoms with van der Waals surface area (Å²) in [6.45, 7) is 3.20. The lowest BCUT2D eigenvalue weighted by atomic mass is 10.1. The number of rotatable bonds is 12. The molecule has 1 atom stereocenters. The first kappa shape index (κ1) is 28.6. The minimum atomic E-state index is -4.33. The van der Waals surface area contributed by atoms with Gasteiger partial charge in [-0.3, -0.25) is 13.9 Å². The Balaban J connectivity index is 2.07. The summed E-state index contributed by atoms with van der Waals surface area (Å²) in [5, 5.41) is 2.74. The highest BCUT2D eigenvalue weighted by Gasteiger charge is 2.34. The van der Waals surface area contributed by atoms with E-state index < -0.39 is 34.3 Å². The van der Waals surface area contributed by atoms with E-state index in [1.807, 2.05) is 0 Å². The number of carbonyl (C=O) groups is 2. The van der Waals surface area contributed by atoms with E-state index in [-0.39, 0.29) is 29.5 Å². The number of ether oxygens (including phenoxy) is 1. The van der Waals surface area contributed by atoms with Crippen LogP contribution in [-0.4, -0.2) is 51.4 Å². The molecule has 10 heteroatoms. The number of anilines is 1. The first-order valence-electron chi connectivity index (χ1n) is 12.2. The predicted molar refractivity (Wildman–Crippen MR) is 144 cm³/mol. The van der Waals surface area contributed by atoms with E-state index >= 15 is 0 Å². The molecular formula is C28H32FN3O5S. The molecule has 0 aliphatic heterocycles. The van der Waals surface area contributed by atoms with Crippen molar-refractivity contribution in [1.82, 2.24) is 10.2 Å². The summed E-state index contributed by atoms with van der Waals surface area (Å²) in [4.78, 5) is 28.0. The number of hydrogen-bond donors (Lipinski definition) is 1. The summed E-state index contributed by atoms with van der Waals surface area (Å²) < 4.78 is 48.3. The van der Waals surface area contributed by atoms with Gasteiger partial charge in [-0.05, 0) is 55.3 Å². The number of amides is 2. The molecular weight excluding hydrogens is 509 g/mol. The van der Waals surface area contributed by atoms with Gasteiger partial charge in [-0.2, -0.15) is 0 Å². The lowest BCUT2D eigenvalue weighted by Crippen LogP contribution is -2.52. The number of nitrogens with one attached hydrogen (secondary N) is 1.